The van der Waals surface area contributed by atoms with Crippen LogP contribution in [0.25, 0.3) is 0 Å². The second-order valence-electron chi connectivity index (χ2n) is 3.47. The molecule has 0 fully saturated rings. The molecule has 4 heteroatoms. The van der Waals surface area contributed by atoms with Crippen LogP contribution in [0.5, 0.6) is 5.75 Å². The highest BCUT2D eigenvalue weighted by atomic mass is 16.5. The van der Waals surface area contributed by atoms with Gasteiger partial charge < -0.3 is 15.2 Å². The summed E-state index contributed by atoms with van der Waals surface area (Å²) in [7, 11) is 0. The fourth-order valence-corrected chi connectivity index (χ4v) is 1.14. The molecule has 0 aliphatic rings. The smallest absolute Gasteiger partial charge is 0.404 e. The number of hydrogen-bond acceptors (Lipinski definition) is 2. The third kappa shape index (κ3) is 4.35. The Hall–Kier alpha value is -1.71. The van der Waals surface area contributed by atoms with E-state index in [-0.39, 0.29) is 6.10 Å². The monoisotopic (exact) mass is 209 g/mol. The van der Waals surface area contributed by atoms with Crippen LogP contribution in [0.1, 0.15) is 19.4 Å². The number of carboxylic acid groups (broad SMARTS) is 1. The predicted octanol–water partition coefficient (Wildman–Crippen LogP) is 2.24. The van der Waals surface area contributed by atoms with Gasteiger partial charge in [0.25, 0.3) is 0 Å². The van der Waals surface area contributed by atoms with E-state index in [9.17, 15) is 4.79 Å². The zero-order valence-electron chi connectivity index (χ0n) is 8.86. The predicted molar refractivity (Wildman–Crippen MR) is 57.1 cm³/mol. The van der Waals surface area contributed by atoms with Crippen molar-refractivity contribution in [1.82, 2.24) is 5.32 Å². The Labute approximate surface area is 88.9 Å². The minimum atomic E-state index is -1.02. The molecule has 0 atom stereocenters. The van der Waals surface area contributed by atoms with E-state index in [0.717, 1.165) is 11.3 Å². The molecule has 1 rings (SSSR count). The molecule has 1 aromatic rings. The average molecular weight is 209 g/mol. The molecule has 0 saturated carbocycles. The van der Waals surface area contributed by atoms with Gasteiger partial charge >= 0.3 is 6.09 Å². The Morgan fingerprint density at radius 2 is 2.00 bits per heavy atom. The Balaban J connectivity index is 2.52. The van der Waals surface area contributed by atoms with Gasteiger partial charge in [0.1, 0.15) is 5.75 Å². The van der Waals surface area contributed by atoms with Crippen molar-refractivity contribution in [3.8, 4) is 5.75 Å². The first-order chi connectivity index (χ1) is 7.08. The molecule has 0 saturated heterocycles. The SMILES string of the molecule is CC(C)Oc1ccc(CNC(=O)O)cc1. The Morgan fingerprint density at radius 3 is 2.47 bits per heavy atom. The van der Waals surface area contributed by atoms with Crippen LogP contribution in [0, 0.1) is 0 Å². The zero-order chi connectivity index (χ0) is 11.3. The molecule has 1 aromatic carbocycles. The van der Waals surface area contributed by atoms with Crippen molar-refractivity contribution in [2.24, 2.45) is 0 Å². The van der Waals surface area contributed by atoms with Gasteiger partial charge in [0.2, 0.25) is 0 Å². The lowest BCUT2D eigenvalue weighted by molar-refractivity contribution is 0.194. The van der Waals surface area contributed by atoms with Gasteiger partial charge in [-0.2, -0.15) is 0 Å². The Kier molecular flexibility index (Phi) is 3.97. The number of ether oxygens (including phenoxy) is 1. The molecule has 0 unspecified atom stereocenters. The van der Waals surface area contributed by atoms with Gasteiger partial charge in [0.15, 0.2) is 0 Å². The van der Waals surface area contributed by atoms with Gasteiger partial charge in [0, 0.05) is 6.54 Å². The van der Waals surface area contributed by atoms with E-state index in [1.807, 2.05) is 38.1 Å². The van der Waals surface area contributed by atoms with Crippen LogP contribution in [-0.4, -0.2) is 17.3 Å². The summed E-state index contributed by atoms with van der Waals surface area (Å²) in [6, 6.07) is 7.35. The third-order valence-corrected chi connectivity index (χ3v) is 1.74. The molecule has 15 heavy (non-hydrogen) atoms. The molecule has 0 aromatic heterocycles. The minimum Gasteiger partial charge on any atom is -0.491 e. The van der Waals surface area contributed by atoms with Crippen LogP contribution in [0.15, 0.2) is 24.3 Å². The topological polar surface area (TPSA) is 58.6 Å². The number of carbonyl (C=O) groups is 1. The molecule has 1 amide bonds. The number of amides is 1. The highest BCUT2D eigenvalue weighted by Crippen LogP contribution is 2.13. The van der Waals surface area contributed by atoms with Gasteiger partial charge in [0.05, 0.1) is 6.10 Å². The summed E-state index contributed by atoms with van der Waals surface area (Å²) in [5.41, 5.74) is 0.911. The van der Waals surface area contributed by atoms with Gasteiger partial charge in [-0.1, -0.05) is 12.1 Å². The van der Waals surface area contributed by atoms with E-state index in [0.29, 0.717) is 6.54 Å². The zero-order valence-corrected chi connectivity index (χ0v) is 8.86. The van der Waals surface area contributed by atoms with Crippen molar-refractivity contribution in [2.75, 3.05) is 0 Å². The van der Waals surface area contributed by atoms with Crippen molar-refractivity contribution < 1.29 is 14.6 Å². The van der Waals surface area contributed by atoms with Crippen LogP contribution in [0.4, 0.5) is 4.79 Å². The molecule has 2 N–H and O–H groups in total. The lowest BCUT2D eigenvalue weighted by atomic mass is 10.2. The molecule has 0 aliphatic heterocycles. The fraction of sp³-hybridized carbons (Fsp3) is 0.364. The lowest BCUT2D eigenvalue weighted by Gasteiger charge is -2.09. The molecule has 0 bridgehead atoms. The van der Waals surface area contributed by atoms with Crippen LogP contribution in [-0.2, 0) is 6.54 Å². The quantitative estimate of drug-likeness (QED) is 0.799. The normalized spacial score (nSPS) is 10.1. The maximum Gasteiger partial charge on any atom is 0.404 e. The first kappa shape index (κ1) is 11.4. The largest absolute Gasteiger partial charge is 0.491 e. The molecule has 0 heterocycles. The average Bonchev–Trinajstić information content (AvgIpc) is 2.16. The van der Waals surface area contributed by atoms with E-state index in [1.54, 1.807) is 0 Å². The van der Waals surface area contributed by atoms with Gasteiger partial charge in [-0.25, -0.2) is 4.79 Å². The van der Waals surface area contributed by atoms with E-state index in [1.165, 1.54) is 0 Å². The van der Waals surface area contributed by atoms with Crippen LogP contribution in [0.2, 0.25) is 0 Å². The Morgan fingerprint density at radius 1 is 1.40 bits per heavy atom. The summed E-state index contributed by atoms with van der Waals surface area (Å²) >= 11 is 0. The van der Waals surface area contributed by atoms with E-state index in [2.05, 4.69) is 5.32 Å². The fourth-order valence-electron chi connectivity index (χ4n) is 1.14. The third-order valence-electron chi connectivity index (χ3n) is 1.74. The van der Waals surface area contributed by atoms with Crippen molar-refractivity contribution >= 4 is 6.09 Å². The number of hydrogen-bond donors (Lipinski definition) is 2. The number of rotatable bonds is 4. The van der Waals surface area contributed by atoms with Crippen LogP contribution in [0.3, 0.4) is 0 Å². The first-order valence-corrected chi connectivity index (χ1v) is 4.80. The standard InChI is InChI=1S/C11H15NO3/c1-8(2)15-10-5-3-9(4-6-10)7-12-11(13)14/h3-6,8,12H,7H2,1-2H3,(H,13,14). The molecule has 4 nitrogen and oxygen atoms in total. The molecule has 0 aliphatic carbocycles. The van der Waals surface area contributed by atoms with E-state index < -0.39 is 6.09 Å². The van der Waals surface area contributed by atoms with Crippen molar-refractivity contribution in [2.45, 2.75) is 26.5 Å². The first-order valence-electron chi connectivity index (χ1n) is 4.80. The van der Waals surface area contributed by atoms with Crippen molar-refractivity contribution in [3.63, 3.8) is 0 Å². The molecule has 0 radical (unpaired) electrons. The lowest BCUT2D eigenvalue weighted by Crippen LogP contribution is -2.19. The summed E-state index contributed by atoms with van der Waals surface area (Å²) in [6.07, 6.45) is -0.870. The second kappa shape index (κ2) is 5.24. The minimum absolute atomic E-state index is 0.146. The summed E-state index contributed by atoms with van der Waals surface area (Å²) < 4.78 is 5.46. The summed E-state index contributed by atoms with van der Waals surface area (Å²) in [4.78, 5) is 10.2. The second-order valence-corrected chi connectivity index (χ2v) is 3.47. The molecule has 82 valence electrons. The van der Waals surface area contributed by atoms with Gasteiger partial charge in [-0.05, 0) is 31.5 Å². The maximum absolute atomic E-state index is 10.2. The van der Waals surface area contributed by atoms with Crippen LogP contribution >= 0.6 is 0 Å². The molecule has 0 spiro atoms. The van der Waals surface area contributed by atoms with E-state index >= 15 is 0 Å². The van der Waals surface area contributed by atoms with Crippen molar-refractivity contribution in [3.05, 3.63) is 29.8 Å². The van der Waals surface area contributed by atoms with Crippen molar-refractivity contribution in [1.29, 1.82) is 0 Å². The highest BCUT2D eigenvalue weighted by Gasteiger charge is 1.99. The molecular formula is C11H15NO3. The summed E-state index contributed by atoms with van der Waals surface area (Å²) in [6.45, 7) is 4.23. The number of benzene rings is 1. The maximum atomic E-state index is 10.2. The summed E-state index contributed by atoms with van der Waals surface area (Å²) in [5.74, 6) is 0.795. The van der Waals surface area contributed by atoms with Crippen LogP contribution < -0.4 is 10.1 Å². The molecular weight excluding hydrogens is 194 g/mol. The van der Waals surface area contributed by atoms with Gasteiger partial charge in [-0.15, -0.1) is 0 Å². The summed E-state index contributed by atoms with van der Waals surface area (Å²) in [5, 5.41) is 10.7. The van der Waals surface area contributed by atoms with Gasteiger partial charge in [-0.3, -0.25) is 0 Å². The number of nitrogens with one attached hydrogen (secondary N) is 1. The highest BCUT2D eigenvalue weighted by molar-refractivity contribution is 5.64. The van der Waals surface area contributed by atoms with E-state index in [4.69, 9.17) is 9.84 Å². The Bertz CT molecular complexity index is 319.